The van der Waals surface area contributed by atoms with E-state index in [9.17, 15) is 0 Å². The molecule has 0 amide bonds. The third-order valence-electron chi connectivity index (χ3n) is 3.65. The molecule has 4 heteroatoms. The second-order valence-corrected chi connectivity index (χ2v) is 7.46. The first kappa shape index (κ1) is 17.9. The summed E-state index contributed by atoms with van der Waals surface area (Å²) in [6, 6.07) is 22.1. The fourth-order valence-corrected chi connectivity index (χ4v) is 3.47. The monoisotopic (exact) mass is 457 g/mol. The van der Waals surface area contributed by atoms with E-state index in [-0.39, 0.29) is 0 Å². The Hall–Kier alpha value is -1.91. The maximum Gasteiger partial charge on any atom is 0.119 e. The minimum absolute atomic E-state index is 0.518. The van der Waals surface area contributed by atoms with Crippen LogP contribution in [0.1, 0.15) is 16.7 Å². The van der Waals surface area contributed by atoms with Crippen molar-refractivity contribution in [1.82, 2.24) is 0 Å². The first-order valence-electron chi connectivity index (χ1n) is 7.88. The summed E-state index contributed by atoms with van der Waals surface area (Å²) in [6.45, 7) is 2.58. The number of aliphatic imine (C=N–C) groups is 1. The molecule has 0 aliphatic rings. The first-order chi connectivity index (χ1) is 12.1. The molecular formula is C21H17Br2NO. The molecule has 0 radical (unpaired) electrons. The van der Waals surface area contributed by atoms with Gasteiger partial charge in [0, 0.05) is 20.7 Å². The van der Waals surface area contributed by atoms with E-state index in [0.717, 1.165) is 31.5 Å². The average Bonchev–Trinajstić information content (AvgIpc) is 2.60. The summed E-state index contributed by atoms with van der Waals surface area (Å²) in [5.74, 6) is 0.836. The van der Waals surface area contributed by atoms with Gasteiger partial charge in [0.05, 0.1) is 5.69 Å². The van der Waals surface area contributed by atoms with Crippen LogP contribution in [-0.2, 0) is 6.61 Å². The normalized spacial score (nSPS) is 11.0. The molecule has 25 heavy (non-hydrogen) atoms. The highest BCUT2D eigenvalue weighted by Crippen LogP contribution is 2.23. The highest BCUT2D eigenvalue weighted by Gasteiger charge is 2.02. The molecular weight excluding hydrogens is 442 g/mol. The van der Waals surface area contributed by atoms with Gasteiger partial charge < -0.3 is 4.74 Å². The molecule has 0 fully saturated rings. The number of benzene rings is 3. The first-order valence-corrected chi connectivity index (χ1v) is 9.46. The van der Waals surface area contributed by atoms with Crippen LogP contribution >= 0.6 is 31.9 Å². The molecule has 0 N–H and O–H groups in total. The summed E-state index contributed by atoms with van der Waals surface area (Å²) >= 11 is 7.01. The van der Waals surface area contributed by atoms with Gasteiger partial charge in [0.1, 0.15) is 12.4 Å². The zero-order chi connectivity index (χ0) is 17.6. The lowest BCUT2D eigenvalue weighted by atomic mass is 10.2. The van der Waals surface area contributed by atoms with Crippen molar-refractivity contribution in [2.45, 2.75) is 13.5 Å². The Bertz CT molecular complexity index is 889. The van der Waals surface area contributed by atoms with Crippen molar-refractivity contribution < 1.29 is 4.74 Å². The van der Waals surface area contributed by atoms with Gasteiger partial charge in [0.2, 0.25) is 0 Å². The van der Waals surface area contributed by atoms with Gasteiger partial charge in [-0.25, -0.2) is 0 Å². The lowest BCUT2D eigenvalue weighted by Gasteiger charge is -2.08. The molecule has 126 valence electrons. The van der Waals surface area contributed by atoms with E-state index < -0.39 is 0 Å². The number of rotatable bonds is 5. The number of ether oxygens (including phenoxy) is 1. The van der Waals surface area contributed by atoms with Crippen LogP contribution in [0.15, 0.2) is 80.7 Å². The molecule has 0 atom stereocenters. The number of hydrogen-bond donors (Lipinski definition) is 0. The largest absolute Gasteiger partial charge is 0.489 e. The fourth-order valence-electron chi connectivity index (χ4n) is 2.31. The van der Waals surface area contributed by atoms with E-state index in [2.05, 4.69) is 55.9 Å². The highest BCUT2D eigenvalue weighted by atomic mass is 79.9. The van der Waals surface area contributed by atoms with Crippen LogP contribution in [0.25, 0.3) is 0 Å². The van der Waals surface area contributed by atoms with Crippen molar-refractivity contribution in [2.75, 3.05) is 0 Å². The standard InChI is InChI=1S/C21H17Br2NO/c1-15-3-2-4-19(11-15)24-13-16-5-9-20(10-6-16)25-14-17-7-8-18(22)12-21(17)23/h2-13H,14H2,1H3. The number of hydrogen-bond acceptors (Lipinski definition) is 2. The maximum atomic E-state index is 5.86. The molecule has 0 spiro atoms. The Kier molecular flexibility index (Phi) is 6.05. The summed E-state index contributed by atoms with van der Waals surface area (Å²) in [5.41, 5.74) is 4.31. The minimum Gasteiger partial charge on any atom is -0.489 e. The van der Waals surface area contributed by atoms with E-state index in [0.29, 0.717) is 6.61 Å². The van der Waals surface area contributed by atoms with Crippen LogP contribution in [0.3, 0.4) is 0 Å². The molecule has 3 rings (SSSR count). The summed E-state index contributed by atoms with van der Waals surface area (Å²) in [5, 5.41) is 0. The molecule has 3 aromatic carbocycles. The third-order valence-corrected chi connectivity index (χ3v) is 4.89. The topological polar surface area (TPSA) is 21.6 Å². The highest BCUT2D eigenvalue weighted by molar-refractivity contribution is 9.11. The molecule has 3 aromatic rings. The van der Waals surface area contributed by atoms with Gasteiger partial charge in [-0.2, -0.15) is 0 Å². The third kappa shape index (κ3) is 5.28. The summed E-state index contributed by atoms with van der Waals surface area (Å²) in [7, 11) is 0. The Morgan fingerprint density at radius 2 is 1.76 bits per heavy atom. The average molecular weight is 459 g/mol. The second kappa shape index (κ2) is 8.45. The van der Waals surface area contributed by atoms with Gasteiger partial charge in [0.25, 0.3) is 0 Å². The molecule has 0 aliphatic carbocycles. The summed E-state index contributed by atoms with van der Waals surface area (Å²) in [4.78, 5) is 4.50. The number of nitrogens with zero attached hydrogens (tertiary/aromatic N) is 1. The van der Waals surface area contributed by atoms with Crippen LogP contribution in [0.4, 0.5) is 5.69 Å². The molecule has 0 bridgehead atoms. The van der Waals surface area contributed by atoms with Crippen LogP contribution < -0.4 is 4.74 Å². The van der Waals surface area contributed by atoms with E-state index in [1.54, 1.807) is 0 Å². The predicted molar refractivity (Wildman–Crippen MR) is 111 cm³/mol. The van der Waals surface area contributed by atoms with Crippen molar-refractivity contribution in [3.8, 4) is 5.75 Å². The van der Waals surface area contributed by atoms with Crippen molar-refractivity contribution in [1.29, 1.82) is 0 Å². The maximum absolute atomic E-state index is 5.86. The smallest absolute Gasteiger partial charge is 0.119 e. The minimum atomic E-state index is 0.518. The Morgan fingerprint density at radius 1 is 0.960 bits per heavy atom. The van der Waals surface area contributed by atoms with Crippen molar-refractivity contribution in [3.05, 3.63) is 92.4 Å². The Balaban J connectivity index is 1.62. The number of halogens is 2. The van der Waals surface area contributed by atoms with Gasteiger partial charge in [-0.3, -0.25) is 4.99 Å². The lowest BCUT2D eigenvalue weighted by Crippen LogP contribution is -1.96. The van der Waals surface area contributed by atoms with Gasteiger partial charge in [0.15, 0.2) is 0 Å². The zero-order valence-electron chi connectivity index (χ0n) is 13.7. The van der Waals surface area contributed by atoms with E-state index in [4.69, 9.17) is 4.74 Å². The van der Waals surface area contributed by atoms with E-state index in [1.807, 2.05) is 60.8 Å². The van der Waals surface area contributed by atoms with Crippen LogP contribution in [-0.4, -0.2) is 6.21 Å². The summed E-state index contributed by atoms with van der Waals surface area (Å²) < 4.78 is 7.93. The zero-order valence-corrected chi connectivity index (χ0v) is 16.9. The van der Waals surface area contributed by atoms with E-state index in [1.165, 1.54) is 5.56 Å². The molecule has 0 unspecified atom stereocenters. The molecule has 0 aromatic heterocycles. The molecule has 0 heterocycles. The Morgan fingerprint density at radius 3 is 2.48 bits per heavy atom. The lowest BCUT2D eigenvalue weighted by molar-refractivity contribution is 0.305. The fraction of sp³-hybridized carbons (Fsp3) is 0.0952. The van der Waals surface area contributed by atoms with Gasteiger partial charge in [-0.05, 0) is 66.6 Å². The molecule has 0 aliphatic heterocycles. The molecule has 0 saturated heterocycles. The molecule has 2 nitrogen and oxygen atoms in total. The van der Waals surface area contributed by atoms with Gasteiger partial charge >= 0.3 is 0 Å². The van der Waals surface area contributed by atoms with Crippen molar-refractivity contribution in [3.63, 3.8) is 0 Å². The Labute approximate surface area is 164 Å². The van der Waals surface area contributed by atoms with E-state index >= 15 is 0 Å². The summed E-state index contributed by atoms with van der Waals surface area (Å²) in [6.07, 6.45) is 1.86. The van der Waals surface area contributed by atoms with Crippen molar-refractivity contribution >= 4 is 43.8 Å². The predicted octanol–water partition coefficient (Wildman–Crippen LogP) is 6.85. The van der Waals surface area contributed by atoms with Crippen molar-refractivity contribution in [2.24, 2.45) is 4.99 Å². The molecule has 0 saturated carbocycles. The van der Waals surface area contributed by atoms with Crippen LogP contribution in [0, 0.1) is 6.92 Å². The quantitative estimate of drug-likeness (QED) is 0.383. The SMILES string of the molecule is Cc1cccc(N=Cc2ccc(OCc3ccc(Br)cc3Br)cc2)c1. The van der Waals surface area contributed by atoms with Crippen LogP contribution in [0.5, 0.6) is 5.75 Å². The van der Waals surface area contributed by atoms with Gasteiger partial charge in [-0.15, -0.1) is 0 Å². The van der Waals surface area contributed by atoms with Gasteiger partial charge in [-0.1, -0.05) is 50.1 Å². The number of aryl methyl sites for hydroxylation is 1. The van der Waals surface area contributed by atoms with Crippen LogP contribution in [0.2, 0.25) is 0 Å². The second-order valence-electron chi connectivity index (χ2n) is 5.69.